The summed E-state index contributed by atoms with van der Waals surface area (Å²) >= 11 is 0. The summed E-state index contributed by atoms with van der Waals surface area (Å²) in [5.41, 5.74) is 9.95. The van der Waals surface area contributed by atoms with Crippen LogP contribution in [0.25, 0.3) is 11.0 Å². The van der Waals surface area contributed by atoms with Crippen molar-refractivity contribution in [2.45, 2.75) is 38.5 Å². The van der Waals surface area contributed by atoms with Gasteiger partial charge in [-0.1, -0.05) is 6.07 Å². The van der Waals surface area contributed by atoms with Gasteiger partial charge in [-0.05, 0) is 62.3 Å². The highest BCUT2D eigenvalue weighted by Gasteiger charge is 2.41. The Hall–Kier alpha value is -3.46. The van der Waals surface area contributed by atoms with Crippen LogP contribution >= 0.6 is 0 Å². The van der Waals surface area contributed by atoms with Gasteiger partial charge in [0.2, 0.25) is 5.91 Å². The molecule has 0 unspecified atom stereocenters. The average Bonchev–Trinajstić information content (AvgIpc) is 3.27. The van der Waals surface area contributed by atoms with Gasteiger partial charge in [-0.2, -0.15) is 0 Å². The van der Waals surface area contributed by atoms with Crippen LogP contribution in [0.4, 0.5) is 11.5 Å². The number of esters is 1. The molecule has 2 aromatic heterocycles. The van der Waals surface area contributed by atoms with Crippen molar-refractivity contribution in [3.63, 3.8) is 0 Å². The molecule has 0 bridgehead atoms. The number of methoxy groups -OCH3 is 1. The summed E-state index contributed by atoms with van der Waals surface area (Å²) in [5.74, 6) is 0.380. The second-order valence-corrected chi connectivity index (χ2v) is 9.21. The molecule has 1 aliphatic carbocycles. The molecule has 0 spiro atoms. The van der Waals surface area contributed by atoms with Crippen molar-refractivity contribution in [1.82, 2.24) is 15.0 Å². The fourth-order valence-electron chi connectivity index (χ4n) is 5.23. The van der Waals surface area contributed by atoms with Crippen molar-refractivity contribution in [2.75, 3.05) is 37.0 Å². The maximum atomic E-state index is 13.3. The Morgan fingerprint density at radius 2 is 2.00 bits per heavy atom. The number of aromatic amines is 1. The third-order valence-electron chi connectivity index (χ3n) is 7.30. The number of nitrogens with one attached hydrogen (secondary N) is 2. The molecule has 4 N–H and O–H groups in total. The molecule has 9 heteroatoms. The van der Waals surface area contributed by atoms with Crippen LogP contribution in [0.2, 0.25) is 0 Å². The second kappa shape index (κ2) is 9.06. The van der Waals surface area contributed by atoms with Gasteiger partial charge < -0.3 is 25.7 Å². The Labute approximate surface area is 198 Å². The van der Waals surface area contributed by atoms with Gasteiger partial charge in [-0.15, -0.1) is 0 Å². The van der Waals surface area contributed by atoms with E-state index in [4.69, 9.17) is 10.5 Å². The van der Waals surface area contributed by atoms with E-state index in [1.54, 1.807) is 30.6 Å². The van der Waals surface area contributed by atoms with Crippen molar-refractivity contribution in [3.8, 4) is 0 Å². The zero-order valence-corrected chi connectivity index (χ0v) is 19.4. The highest BCUT2D eigenvalue weighted by atomic mass is 16.5. The highest BCUT2D eigenvalue weighted by molar-refractivity contribution is 5.98. The molecule has 1 aromatic carbocycles. The van der Waals surface area contributed by atoms with Gasteiger partial charge in [-0.25, -0.2) is 14.8 Å². The molecule has 3 aromatic rings. The maximum absolute atomic E-state index is 13.3. The van der Waals surface area contributed by atoms with Crippen LogP contribution in [0, 0.1) is 5.41 Å². The summed E-state index contributed by atoms with van der Waals surface area (Å²) < 4.78 is 4.78. The van der Waals surface area contributed by atoms with Gasteiger partial charge >= 0.3 is 5.97 Å². The number of amides is 1. The zero-order valence-electron chi connectivity index (χ0n) is 19.4. The minimum absolute atomic E-state index is 0.122. The number of fused-ring (bicyclic) bond motifs is 3. The topological polar surface area (TPSA) is 126 Å². The van der Waals surface area contributed by atoms with Gasteiger partial charge in [-0.3, -0.25) is 4.79 Å². The van der Waals surface area contributed by atoms with Crippen molar-refractivity contribution in [2.24, 2.45) is 11.1 Å². The van der Waals surface area contributed by atoms with Gasteiger partial charge in [0.05, 0.1) is 23.5 Å². The number of hydrogen-bond donors (Lipinski definition) is 3. The quantitative estimate of drug-likeness (QED) is 0.498. The minimum Gasteiger partial charge on any atom is -0.465 e. The number of nitrogens with zero attached hydrogens (tertiary/aromatic N) is 3. The number of nitrogens with two attached hydrogens (primary N) is 1. The van der Waals surface area contributed by atoms with Gasteiger partial charge in [0.15, 0.2) is 0 Å². The zero-order chi connectivity index (χ0) is 23.7. The lowest BCUT2D eigenvalue weighted by Gasteiger charge is -2.40. The lowest BCUT2D eigenvalue weighted by Crippen LogP contribution is -2.50. The van der Waals surface area contributed by atoms with Crippen molar-refractivity contribution >= 4 is 34.4 Å². The number of hydrogen-bond acceptors (Lipinski definition) is 7. The first-order valence-corrected chi connectivity index (χ1v) is 11.8. The molecule has 0 atom stereocenters. The molecule has 0 radical (unpaired) electrons. The van der Waals surface area contributed by atoms with Gasteiger partial charge in [0.25, 0.3) is 0 Å². The Kier molecular flexibility index (Phi) is 5.95. The third-order valence-corrected chi connectivity index (χ3v) is 7.30. The van der Waals surface area contributed by atoms with Crippen LogP contribution < -0.4 is 16.0 Å². The summed E-state index contributed by atoms with van der Waals surface area (Å²) in [7, 11) is 1.33. The van der Waals surface area contributed by atoms with E-state index in [1.165, 1.54) is 31.2 Å². The Balaban J connectivity index is 1.34. The number of carbonyl (C=O) groups is 2. The molecule has 1 saturated heterocycles. The molecule has 0 saturated carbocycles. The van der Waals surface area contributed by atoms with Crippen molar-refractivity contribution in [3.05, 3.63) is 47.4 Å². The van der Waals surface area contributed by atoms with Crippen molar-refractivity contribution in [1.29, 1.82) is 0 Å². The standard InChI is InChI=1S/C25H30N6O3/c1-34-23(32)16-5-4-6-17(13-16)29-24(33)25(14-26)9-11-31(12-10-25)22-20-18-7-2-3-8-19(18)30-21(20)27-15-28-22/h4-6,13,15H,2-3,7-12,14,26H2,1H3,(H,29,33)(H,27,28,30). The number of aryl methyl sites for hydroxylation is 2. The second-order valence-electron chi connectivity index (χ2n) is 9.21. The minimum atomic E-state index is -0.679. The molecular weight excluding hydrogens is 432 g/mol. The van der Waals surface area contributed by atoms with Gasteiger partial charge in [0, 0.05) is 31.0 Å². The Bertz CT molecular complexity index is 1230. The van der Waals surface area contributed by atoms with E-state index in [2.05, 4.69) is 25.2 Å². The van der Waals surface area contributed by atoms with Crippen LogP contribution in [0.5, 0.6) is 0 Å². The van der Waals surface area contributed by atoms with E-state index in [9.17, 15) is 9.59 Å². The van der Waals surface area contributed by atoms with E-state index >= 15 is 0 Å². The first-order chi connectivity index (χ1) is 16.5. The average molecular weight is 463 g/mol. The van der Waals surface area contributed by atoms with Crippen LogP contribution in [0.3, 0.4) is 0 Å². The Morgan fingerprint density at radius 1 is 1.21 bits per heavy atom. The van der Waals surface area contributed by atoms with Crippen LogP contribution in [-0.4, -0.2) is 53.6 Å². The summed E-state index contributed by atoms with van der Waals surface area (Å²) in [6.45, 7) is 1.61. The number of anilines is 2. The molecule has 1 fully saturated rings. The monoisotopic (exact) mass is 462 g/mol. The van der Waals surface area contributed by atoms with Crippen molar-refractivity contribution < 1.29 is 14.3 Å². The predicted molar refractivity (Wildman–Crippen MR) is 130 cm³/mol. The number of rotatable bonds is 5. The predicted octanol–water partition coefficient (Wildman–Crippen LogP) is 2.81. The Morgan fingerprint density at radius 3 is 2.76 bits per heavy atom. The summed E-state index contributed by atoms with van der Waals surface area (Å²) in [4.78, 5) is 40.0. The molecule has 5 rings (SSSR count). The molecule has 178 valence electrons. The largest absolute Gasteiger partial charge is 0.465 e. The van der Waals surface area contributed by atoms with E-state index in [-0.39, 0.29) is 12.5 Å². The first-order valence-electron chi connectivity index (χ1n) is 11.8. The number of benzene rings is 1. The molecule has 3 heterocycles. The van der Waals surface area contributed by atoms with Crippen LogP contribution in [-0.2, 0) is 22.4 Å². The maximum Gasteiger partial charge on any atom is 0.337 e. The smallest absolute Gasteiger partial charge is 0.337 e. The number of ether oxygens (including phenoxy) is 1. The number of carbonyl (C=O) groups excluding carboxylic acids is 2. The highest BCUT2D eigenvalue weighted by Crippen LogP contribution is 2.38. The van der Waals surface area contributed by atoms with E-state index in [0.29, 0.717) is 37.2 Å². The lowest BCUT2D eigenvalue weighted by atomic mass is 9.77. The fraction of sp³-hybridized carbons (Fsp3) is 0.440. The molecule has 1 amide bonds. The number of piperidine rings is 1. The van der Waals surface area contributed by atoms with E-state index in [1.807, 2.05) is 0 Å². The first kappa shape index (κ1) is 22.3. The van der Waals surface area contributed by atoms with Gasteiger partial charge in [0.1, 0.15) is 17.8 Å². The number of aromatic nitrogens is 3. The summed E-state index contributed by atoms with van der Waals surface area (Å²) in [6.07, 6.45) is 7.33. The van der Waals surface area contributed by atoms with E-state index < -0.39 is 11.4 Å². The normalized spacial score (nSPS) is 17.3. The number of H-pyrrole nitrogens is 1. The van der Waals surface area contributed by atoms with E-state index in [0.717, 1.165) is 29.7 Å². The molecule has 34 heavy (non-hydrogen) atoms. The summed E-state index contributed by atoms with van der Waals surface area (Å²) in [5, 5.41) is 4.09. The SMILES string of the molecule is COC(=O)c1cccc(NC(=O)C2(CN)CCN(c3ncnc4[nH]c5c(c34)CCCC5)CC2)c1. The fourth-order valence-corrected chi connectivity index (χ4v) is 5.23. The molecule has 9 nitrogen and oxygen atoms in total. The summed E-state index contributed by atoms with van der Waals surface area (Å²) in [6, 6.07) is 6.75. The molecule has 1 aliphatic heterocycles. The van der Waals surface area contributed by atoms with Crippen LogP contribution in [0.15, 0.2) is 30.6 Å². The molecular formula is C25H30N6O3. The molecule has 2 aliphatic rings. The lowest BCUT2D eigenvalue weighted by molar-refractivity contribution is -0.126. The third kappa shape index (κ3) is 3.90. The van der Waals surface area contributed by atoms with Crippen LogP contribution in [0.1, 0.15) is 47.3 Å².